The molecule has 3 rings (SSSR count). The van der Waals surface area contributed by atoms with E-state index in [4.69, 9.17) is 0 Å². The molecule has 0 bridgehead atoms. The van der Waals surface area contributed by atoms with Crippen molar-refractivity contribution in [3.8, 4) is 0 Å². The molecule has 4 heteroatoms. The van der Waals surface area contributed by atoms with Crippen molar-refractivity contribution in [3.63, 3.8) is 0 Å². The first-order valence-electron chi connectivity index (χ1n) is 8.15. The number of nitrogens with zero attached hydrogens (tertiary/aromatic N) is 3. The predicted molar refractivity (Wildman–Crippen MR) is 96.0 cm³/mol. The first kappa shape index (κ1) is 15.5. The Morgan fingerprint density at radius 1 is 1.13 bits per heavy atom. The first-order valence-corrected chi connectivity index (χ1v) is 8.15. The fourth-order valence-electron chi connectivity index (χ4n) is 3.15. The van der Waals surface area contributed by atoms with E-state index < -0.39 is 0 Å². The second-order valence-electron chi connectivity index (χ2n) is 6.13. The maximum Gasteiger partial charge on any atom is 0.0751 e. The molecule has 1 aromatic carbocycles. The molecule has 0 spiro atoms. The van der Waals surface area contributed by atoms with Crippen LogP contribution in [0.25, 0.3) is 10.9 Å². The zero-order valence-corrected chi connectivity index (χ0v) is 14.3. The molecule has 4 nitrogen and oxygen atoms in total. The highest BCUT2D eigenvalue weighted by Crippen LogP contribution is 2.23. The molecule has 0 aliphatic carbocycles. The lowest BCUT2D eigenvalue weighted by molar-refractivity contribution is 0.729. The van der Waals surface area contributed by atoms with Gasteiger partial charge in [-0.1, -0.05) is 18.2 Å². The number of benzene rings is 1. The minimum atomic E-state index is 0.945. The second kappa shape index (κ2) is 6.41. The Balaban J connectivity index is 1.67. The Hall–Kier alpha value is -2.36. The minimum absolute atomic E-state index is 0.945. The summed E-state index contributed by atoms with van der Waals surface area (Å²) < 4.78 is 1.97. The molecule has 0 aliphatic heterocycles. The number of anilines is 1. The highest BCUT2D eigenvalue weighted by Gasteiger charge is 2.09. The third-order valence-electron chi connectivity index (χ3n) is 4.55. The SMILES string of the molecule is Cc1nn(C)c(C)c1CCCNc1ccnc2c(C)cccc12. The molecule has 0 fully saturated rings. The Labute approximate surface area is 137 Å². The van der Waals surface area contributed by atoms with Gasteiger partial charge < -0.3 is 5.32 Å². The first-order chi connectivity index (χ1) is 11.1. The van der Waals surface area contributed by atoms with Gasteiger partial charge in [-0.25, -0.2) is 0 Å². The lowest BCUT2D eigenvalue weighted by atomic mass is 10.1. The fraction of sp³-hybridized carbons (Fsp3) is 0.368. The monoisotopic (exact) mass is 308 g/mol. The quantitative estimate of drug-likeness (QED) is 0.726. The van der Waals surface area contributed by atoms with Gasteiger partial charge in [0.05, 0.1) is 11.2 Å². The van der Waals surface area contributed by atoms with Crippen LogP contribution in [0.15, 0.2) is 30.5 Å². The summed E-state index contributed by atoms with van der Waals surface area (Å²) in [6.07, 6.45) is 4.02. The van der Waals surface area contributed by atoms with Crippen molar-refractivity contribution in [1.82, 2.24) is 14.8 Å². The summed E-state index contributed by atoms with van der Waals surface area (Å²) in [5.41, 5.74) is 7.26. The molecule has 120 valence electrons. The molecule has 0 aliphatic rings. The number of aromatic nitrogens is 3. The van der Waals surface area contributed by atoms with Crippen LogP contribution in [-0.4, -0.2) is 21.3 Å². The molecule has 0 unspecified atom stereocenters. The van der Waals surface area contributed by atoms with Crippen molar-refractivity contribution >= 4 is 16.6 Å². The largest absolute Gasteiger partial charge is 0.384 e. The average Bonchev–Trinajstić information content (AvgIpc) is 2.78. The summed E-state index contributed by atoms with van der Waals surface area (Å²) in [7, 11) is 2.01. The molecule has 0 atom stereocenters. The highest BCUT2D eigenvalue weighted by atomic mass is 15.3. The second-order valence-corrected chi connectivity index (χ2v) is 6.13. The van der Waals surface area contributed by atoms with Crippen molar-refractivity contribution < 1.29 is 0 Å². The Bertz CT molecular complexity index is 833. The smallest absolute Gasteiger partial charge is 0.0751 e. The molecule has 2 aromatic heterocycles. The summed E-state index contributed by atoms with van der Waals surface area (Å²) in [6, 6.07) is 8.38. The summed E-state index contributed by atoms with van der Waals surface area (Å²) in [5.74, 6) is 0. The number of nitrogens with one attached hydrogen (secondary N) is 1. The van der Waals surface area contributed by atoms with E-state index in [1.165, 1.54) is 27.9 Å². The van der Waals surface area contributed by atoms with Crippen LogP contribution in [0.2, 0.25) is 0 Å². The van der Waals surface area contributed by atoms with Gasteiger partial charge >= 0.3 is 0 Å². The molecular weight excluding hydrogens is 284 g/mol. The van der Waals surface area contributed by atoms with Crippen molar-refractivity contribution in [2.45, 2.75) is 33.6 Å². The number of rotatable bonds is 5. The number of para-hydroxylation sites is 1. The topological polar surface area (TPSA) is 42.7 Å². The van der Waals surface area contributed by atoms with Crippen molar-refractivity contribution in [2.24, 2.45) is 7.05 Å². The molecule has 0 saturated heterocycles. The Morgan fingerprint density at radius 2 is 1.96 bits per heavy atom. The number of aryl methyl sites for hydroxylation is 3. The van der Waals surface area contributed by atoms with E-state index >= 15 is 0 Å². The van der Waals surface area contributed by atoms with Crippen LogP contribution >= 0.6 is 0 Å². The van der Waals surface area contributed by atoms with E-state index in [1.54, 1.807) is 0 Å². The fourth-order valence-corrected chi connectivity index (χ4v) is 3.15. The van der Waals surface area contributed by atoms with E-state index in [9.17, 15) is 0 Å². The van der Waals surface area contributed by atoms with Crippen LogP contribution in [0.1, 0.15) is 28.9 Å². The van der Waals surface area contributed by atoms with Crippen LogP contribution in [0, 0.1) is 20.8 Å². The van der Waals surface area contributed by atoms with Crippen LogP contribution in [-0.2, 0) is 13.5 Å². The number of hydrogen-bond acceptors (Lipinski definition) is 3. The Morgan fingerprint density at radius 3 is 2.70 bits per heavy atom. The lowest BCUT2D eigenvalue weighted by Crippen LogP contribution is -2.05. The lowest BCUT2D eigenvalue weighted by Gasteiger charge is -2.10. The van der Waals surface area contributed by atoms with Crippen molar-refractivity contribution in [3.05, 3.63) is 53.0 Å². The normalized spacial score (nSPS) is 11.1. The predicted octanol–water partition coefficient (Wildman–Crippen LogP) is 3.94. The molecule has 1 N–H and O–H groups in total. The molecule has 0 radical (unpaired) electrons. The van der Waals surface area contributed by atoms with Gasteiger partial charge in [0, 0.05) is 36.6 Å². The van der Waals surface area contributed by atoms with Gasteiger partial charge in [0.2, 0.25) is 0 Å². The highest BCUT2D eigenvalue weighted by molar-refractivity contribution is 5.92. The maximum atomic E-state index is 4.49. The van der Waals surface area contributed by atoms with Crippen LogP contribution in [0.4, 0.5) is 5.69 Å². The molecule has 23 heavy (non-hydrogen) atoms. The maximum absolute atomic E-state index is 4.49. The van der Waals surface area contributed by atoms with E-state index in [1.807, 2.05) is 17.9 Å². The molecule has 2 heterocycles. The zero-order valence-electron chi connectivity index (χ0n) is 14.3. The van der Waals surface area contributed by atoms with Crippen LogP contribution < -0.4 is 5.32 Å². The standard InChI is InChI=1S/C19H24N4/c1-13-7-5-8-17-18(10-12-21-19(13)17)20-11-6-9-16-14(2)22-23(4)15(16)3/h5,7-8,10,12H,6,9,11H2,1-4H3,(H,20,21). The summed E-state index contributed by atoms with van der Waals surface area (Å²) in [6.45, 7) is 7.28. The van der Waals surface area contributed by atoms with Gasteiger partial charge in [0.1, 0.15) is 0 Å². The van der Waals surface area contributed by atoms with Crippen LogP contribution in [0.3, 0.4) is 0 Å². The van der Waals surface area contributed by atoms with Crippen molar-refractivity contribution in [2.75, 3.05) is 11.9 Å². The van der Waals surface area contributed by atoms with Crippen molar-refractivity contribution in [1.29, 1.82) is 0 Å². The summed E-state index contributed by atoms with van der Waals surface area (Å²) >= 11 is 0. The van der Waals surface area contributed by atoms with Gasteiger partial charge in [0.25, 0.3) is 0 Å². The molecule has 3 aromatic rings. The third-order valence-corrected chi connectivity index (χ3v) is 4.55. The number of pyridine rings is 1. The van der Waals surface area contributed by atoms with Gasteiger partial charge in [-0.2, -0.15) is 5.10 Å². The van der Waals surface area contributed by atoms with E-state index in [-0.39, 0.29) is 0 Å². The third kappa shape index (κ3) is 3.07. The Kier molecular flexibility index (Phi) is 4.33. The van der Waals surface area contributed by atoms with Gasteiger partial charge in [-0.3, -0.25) is 9.67 Å². The zero-order chi connectivity index (χ0) is 16.4. The minimum Gasteiger partial charge on any atom is -0.384 e. The number of hydrogen-bond donors (Lipinski definition) is 1. The molecular formula is C19H24N4. The van der Waals surface area contributed by atoms with E-state index in [2.05, 4.69) is 60.4 Å². The number of fused-ring (bicyclic) bond motifs is 1. The van der Waals surface area contributed by atoms with E-state index in [0.717, 1.165) is 30.6 Å². The average molecular weight is 308 g/mol. The van der Waals surface area contributed by atoms with Gasteiger partial charge in [0.15, 0.2) is 0 Å². The van der Waals surface area contributed by atoms with Crippen LogP contribution in [0.5, 0.6) is 0 Å². The summed E-state index contributed by atoms with van der Waals surface area (Å²) in [5, 5.41) is 9.25. The summed E-state index contributed by atoms with van der Waals surface area (Å²) in [4.78, 5) is 4.49. The van der Waals surface area contributed by atoms with Gasteiger partial charge in [-0.15, -0.1) is 0 Å². The van der Waals surface area contributed by atoms with E-state index in [0.29, 0.717) is 0 Å². The van der Waals surface area contributed by atoms with Gasteiger partial charge in [-0.05, 0) is 50.8 Å². The molecule has 0 amide bonds. The molecule has 0 saturated carbocycles.